The first kappa shape index (κ1) is 11.9. The van der Waals surface area contributed by atoms with Gasteiger partial charge in [0.05, 0.1) is 5.52 Å². The third kappa shape index (κ3) is 2.10. The number of fused-ring (bicyclic) bond motifs is 1. The molecule has 0 aliphatic heterocycles. The highest BCUT2D eigenvalue weighted by atomic mass is 35.5. The summed E-state index contributed by atoms with van der Waals surface area (Å²) >= 11 is 6.31. The third-order valence-electron chi connectivity index (χ3n) is 3.74. The average molecular weight is 261 g/mol. The van der Waals surface area contributed by atoms with Gasteiger partial charge in [-0.1, -0.05) is 37.4 Å². The summed E-state index contributed by atoms with van der Waals surface area (Å²) in [6.45, 7) is 2.18. The van der Waals surface area contributed by atoms with Crippen LogP contribution in [0, 0.1) is 0 Å². The van der Waals surface area contributed by atoms with Gasteiger partial charge in [0.25, 0.3) is 0 Å². The summed E-state index contributed by atoms with van der Waals surface area (Å²) in [5.41, 5.74) is 2.30. The molecule has 1 aliphatic rings. The topological polar surface area (TPSA) is 25.8 Å². The van der Waals surface area contributed by atoms with Crippen molar-refractivity contribution in [3.05, 3.63) is 34.7 Å². The molecule has 0 saturated heterocycles. The van der Waals surface area contributed by atoms with Crippen LogP contribution in [-0.4, -0.2) is 9.97 Å². The highest BCUT2D eigenvalue weighted by molar-refractivity contribution is 6.34. The van der Waals surface area contributed by atoms with Gasteiger partial charge in [-0.15, -0.1) is 0 Å². The summed E-state index contributed by atoms with van der Waals surface area (Å²) in [6.07, 6.45) is 5.92. The number of nitrogens with zero attached hydrogens (tertiary/aromatic N) is 2. The van der Waals surface area contributed by atoms with E-state index in [0.29, 0.717) is 11.1 Å². The van der Waals surface area contributed by atoms with Crippen LogP contribution in [0.5, 0.6) is 0 Å². The minimum absolute atomic E-state index is 0.530. The van der Waals surface area contributed by atoms with Gasteiger partial charge in [0, 0.05) is 11.3 Å². The molecule has 1 heterocycles. The standard InChI is InChI=1S/C15H17ClN2/c1-2-4-10-7-8-13-12(9-10)14(16)18-15(17-13)11-5-3-6-11/h7-9,11H,2-6H2,1H3. The fraction of sp³-hybridized carbons (Fsp3) is 0.467. The predicted molar refractivity (Wildman–Crippen MR) is 75.1 cm³/mol. The summed E-state index contributed by atoms with van der Waals surface area (Å²) in [7, 11) is 0. The Morgan fingerprint density at radius 2 is 2.11 bits per heavy atom. The minimum atomic E-state index is 0.530. The zero-order valence-corrected chi connectivity index (χ0v) is 11.4. The first-order chi connectivity index (χ1) is 8.78. The van der Waals surface area contributed by atoms with Crippen molar-refractivity contribution in [3.63, 3.8) is 0 Å². The molecule has 0 unspecified atom stereocenters. The van der Waals surface area contributed by atoms with Gasteiger partial charge in [-0.2, -0.15) is 0 Å². The normalized spacial score (nSPS) is 15.9. The molecule has 18 heavy (non-hydrogen) atoms. The summed E-state index contributed by atoms with van der Waals surface area (Å²) in [5.74, 6) is 1.46. The maximum absolute atomic E-state index is 6.31. The van der Waals surface area contributed by atoms with Crippen LogP contribution in [0.2, 0.25) is 5.15 Å². The van der Waals surface area contributed by atoms with E-state index in [1.165, 1.54) is 24.8 Å². The molecular weight excluding hydrogens is 244 g/mol. The number of aromatic nitrogens is 2. The Labute approximate surface area is 112 Å². The van der Waals surface area contributed by atoms with Crippen molar-refractivity contribution in [2.24, 2.45) is 0 Å². The lowest BCUT2D eigenvalue weighted by Gasteiger charge is -2.24. The summed E-state index contributed by atoms with van der Waals surface area (Å²) < 4.78 is 0. The van der Waals surface area contributed by atoms with E-state index in [9.17, 15) is 0 Å². The van der Waals surface area contributed by atoms with Gasteiger partial charge in [-0.25, -0.2) is 9.97 Å². The Balaban J connectivity index is 2.05. The molecule has 3 heteroatoms. The van der Waals surface area contributed by atoms with Crippen molar-refractivity contribution in [1.29, 1.82) is 0 Å². The van der Waals surface area contributed by atoms with Crippen molar-refractivity contribution in [1.82, 2.24) is 9.97 Å². The monoisotopic (exact) mass is 260 g/mol. The molecular formula is C15H17ClN2. The Hall–Kier alpha value is -1.15. The van der Waals surface area contributed by atoms with Crippen molar-refractivity contribution in [2.45, 2.75) is 44.9 Å². The lowest BCUT2D eigenvalue weighted by Crippen LogP contribution is -2.12. The summed E-state index contributed by atoms with van der Waals surface area (Å²) in [6, 6.07) is 6.36. The van der Waals surface area contributed by atoms with Gasteiger partial charge in [-0.3, -0.25) is 0 Å². The first-order valence-corrected chi connectivity index (χ1v) is 7.12. The van der Waals surface area contributed by atoms with Crippen molar-refractivity contribution in [3.8, 4) is 0 Å². The van der Waals surface area contributed by atoms with Gasteiger partial charge >= 0.3 is 0 Å². The van der Waals surface area contributed by atoms with Gasteiger partial charge in [-0.05, 0) is 37.0 Å². The van der Waals surface area contributed by atoms with E-state index >= 15 is 0 Å². The smallest absolute Gasteiger partial charge is 0.140 e. The second-order valence-electron chi connectivity index (χ2n) is 5.10. The van der Waals surface area contributed by atoms with Gasteiger partial charge in [0.15, 0.2) is 0 Å². The number of halogens is 1. The number of hydrogen-bond acceptors (Lipinski definition) is 2. The second kappa shape index (κ2) is 4.85. The molecule has 0 bridgehead atoms. The molecule has 1 aliphatic carbocycles. The minimum Gasteiger partial charge on any atom is -0.232 e. The molecule has 2 nitrogen and oxygen atoms in total. The second-order valence-corrected chi connectivity index (χ2v) is 5.46. The summed E-state index contributed by atoms with van der Waals surface area (Å²) in [5, 5.41) is 1.60. The van der Waals surface area contributed by atoms with Crippen LogP contribution in [0.15, 0.2) is 18.2 Å². The van der Waals surface area contributed by atoms with E-state index < -0.39 is 0 Å². The van der Waals surface area contributed by atoms with E-state index in [4.69, 9.17) is 11.6 Å². The van der Waals surface area contributed by atoms with E-state index in [2.05, 4.69) is 35.1 Å². The lowest BCUT2D eigenvalue weighted by molar-refractivity contribution is 0.402. The Kier molecular flexibility index (Phi) is 3.21. The molecule has 1 aromatic heterocycles. The molecule has 0 radical (unpaired) electrons. The van der Waals surface area contributed by atoms with Crippen molar-refractivity contribution in [2.75, 3.05) is 0 Å². The van der Waals surface area contributed by atoms with Gasteiger partial charge in [0.2, 0.25) is 0 Å². The maximum atomic E-state index is 6.31. The zero-order chi connectivity index (χ0) is 12.5. The first-order valence-electron chi connectivity index (χ1n) is 6.74. The molecule has 3 rings (SSSR count). The molecule has 1 aromatic carbocycles. The van der Waals surface area contributed by atoms with Crippen LogP contribution in [0.25, 0.3) is 10.9 Å². The van der Waals surface area contributed by atoms with Crippen LogP contribution in [0.3, 0.4) is 0 Å². The number of rotatable bonds is 3. The predicted octanol–water partition coefficient (Wildman–Crippen LogP) is 4.50. The molecule has 0 spiro atoms. The SMILES string of the molecule is CCCc1ccc2nc(C3CCC3)nc(Cl)c2c1. The average Bonchev–Trinajstić information content (AvgIpc) is 2.28. The van der Waals surface area contributed by atoms with Crippen LogP contribution in [0.1, 0.15) is 49.9 Å². The van der Waals surface area contributed by atoms with Crippen LogP contribution in [-0.2, 0) is 6.42 Å². The highest BCUT2D eigenvalue weighted by Gasteiger charge is 2.23. The fourth-order valence-electron chi connectivity index (χ4n) is 2.45. The van der Waals surface area contributed by atoms with Crippen LogP contribution < -0.4 is 0 Å². The number of benzene rings is 1. The Morgan fingerprint density at radius 3 is 2.78 bits per heavy atom. The summed E-state index contributed by atoms with van der Waals surface area (Å²) in [4.78, 5) is 9.14. The molecule has 1 fully saturated rings. The zero-order valence-electron chi connectivity index (χ0n) is 10.6. The van der Waals surface area contributed by atoms with E-state index in [0.717, 1.165) is 29.6 Å². The Morgan fingerprint density at radius 1 is 1.28 bits per heavy atom. The molecule has 0 atom stereocenters. The van der Waals surface area contributed by atoms with Gasteiger partial charge < -0.3 is 0 Å². The molecule has 0 N–H and O–H groups in total. The number of hydrogen-bond donors (Lipinski definition) is 0. The van der Waals surface area contributed by atoms with Crippen LogP contribution >= 0.6 is 11.6 Å². The third-order valence-corrected chi connectivity index (χ3v) is 4.03. The van der Waals surface area contributed by atoms with E-state index in [1.807, 2.05) is 0 Å². The van der Waals surface area contributed by atoms with Crippen molar-refractivity contribution >= 4 is 22.5 Å². The fourth-order valence-corrected chi connectivity index (χ4v) is 2.69. The van der Waals surface area contributed by atoms with Gasteiger partial charge in [0.1, 0.15) is 11.0 Å². The van der Waals surface area contributed by atoms with E-state index in [-0.39, 0.29) is 0 Å². The molecule has 0 amide bonds. The quantitative estimate of drug-likeness (QED) is 0.759. The molecule has 1 saturated carbocycles. The highest BCUT2D eigenvalue weighted by Crippen LogP contribution is 2.36. The van der Waals surface area contributed by atoms with E-state index in [1.54, 1.807) is 0 Å². The maximum Gasteiger partial charge on any atom is 0.140 e. The van der Waals surface area contributed by atoms with Crippen molar-refractivity contribution < 1.29 is 0 Å². The lowest BCUT2D eigenvalue weighted by atomic mass is 9.85. The largest absolute Gasteiger partial charge is 0.232 e. The molecule has 2 aromatic rings. The van der Waals surface area contributed by atoms with Crippen LogP contribution in [0.4, 0.5) is 0 Å². The Bertz CT molecular complexity index is 576. The number of aryl methyl sites for hydroxylation is 1. The molecule has 94 valence electrons.